The standard InChI is InChI=1S/C13H10FO/c1-10-7-8-12(14)13(9-10)15-11-5-3-2-4-6-11/h2-6,8-9H,1H3. The van der Waals surface area contributed by atoms with Crippen LogP contribution in [0.1, 0.15) is 5.56 Å². The van der Waals surface area contributed by atoms with Crippen LogP contribution in [0, 0.1) is 18.8 Å². The number of para-hydroxylation sites is 1. The molecule has 0 spiro atoms. The molecule has 2 heteroatoms. The number of rotatable bonds is 2. The number of hydrogen-bond acceptors (Lipinski definition) is 1. The third-order valence-electron chi connectivity index (χ3n) is 1.98. The minimum atomic E-state index is -0.399. The molecule has 0 aliphatic carbocycles. The normalized spacial score (nSPS) is 10.0. The van der Waals surface area contributed by atoms with Crippen LogP contribution >= 0.6 is 0 Å². The van der Waals surface area contributed by atoms with Gasteiger partial charge in [-0.2, -0.15) is 0 Å². The van der Waals surface area contributed by atoms with Gasteiger partial charge in [-0.15, -0.1) is 0 Å². The molecule has 0 fully saturated rings. The highest BCUT2D eigenvalue weighted by Crippen LogP contribution is 2.24. The lowest BCUT2D eigenvalue weighted by atomic mass is 10.2. The van der Waals surface area contributed by atoms with Gasteiger partial charge in [-0.3, -0.25) is 0 Å². The first-order chi connectivity index (χ1) is 7.25. The fourth-order valence-corrected chi connectivity index (χ4v) is 1.25. The number of aryl methyl sites for hydroxylation is 1. The van der Waals surface area contributed by atoms with Crippen LogP contribution in [0.15, 0.2) is 42.5 Å². The number of halogens is 1. The SMILES string of the molecule is Cc1[c]cc(F)c(Oc2ccccc2)c1. The van der Waals surface area contributed by atoms with Gasteiger partial charge in [-0.05, 0) is 42.8 Å². The minimum Gasteiger partial charge on any atom is -0.454 e. The molecule has 0 aliphatic rings. The predicted octanol–water partition coefficient (Wildman–Crippen LogP) is 3.73. The molecule has 0 amide bonds. The van der Waals surface area contributed by atoms with E-state index >= 15 is 0 Å². The summed E-state index contributed by atoms with van der Waals surface area (Å²) in [5.41, 5.74) is 0.849. The van der Waals surface area contributed by atoms with E-state index in [9.17, 15) is 4.39 Å². The Balaban J connectivity index is 2.28. The first-order valence-corrected chi connectivity index (χ1v) is 4.66. The average Bonchev–Trinajstić information content (AvgIpc) is 2.25. The molecule has 2 aromatic carbocycles. The van der Waals surface area contributed by atoms with Crippen LogP contribution in [0.3, 0.4) is 0 Å². The fourth-order valence-electron chi connectivity index (χ4n) is 1.25. The molecule has 0 unspecified atom stereocenters. The second-order valence-corrected chi connectivity index (χ2v) is 3.24. The Morgan fingerprint density at radius 2 is 1.93 bits per heavy atom. The van der Waals surface area contributed by atoms with Gasteiger partial charge in [0.15, 0.2) is 11.6 Å². The first kappa shape index (κ1) is 9.71. The zero-order valence-electron chi connectivity index (χ0n) is 8.33. The summed E-state index contributed by atoms with van der Waals surface area (Å²) in [7, 11) is 0. The van der Waals surface area contributed by atoms with Crippen molar-refractivity contribution in [3.63, 3.8) is 0 Å². The summed E-state index contributed by atoms with van der Waals surface area (Å²) in [6.45, 7) is 1.84. The lowest BCUT2D eigenvalue weighted by Crippen LogP contribution is -1.88. The molecule has 0 N–H and O–H groups in total. The molecular formula is C13H10FO. The van der Waals surface area contributed by atoms with E-state index in [4.69, 9.17) is 4.74 Å². The summed E-state index contributed by atoms with van der Waals surface area (Å²) in [4.78, 5) is 0. The molecule has 2 rings (SSSR count). The topological polar surface area (TPSA) is 9.23 Å². The molecule has 0 saturated heterocycles. The molecule has 1 nitrogen and oxygen atoms in total. The van der Waals surface area contributed by atoms with E-state index in [1.165, 1.54) is 6.07 Å². The number of benzene rings is 2. The summed E-state index contributed by atoms with van der Waals surface area (Å²) in [6.07, 6.45) is 0. The van der Waals surface area contributed by atoms with Crippen LogP contribution < -0.4 is 4.74 Å². The van der Waals surface area contributed by atoms with Crippen molar-refractivity contribution >= 4 is 0 Å². The van der Waals surface area contributed by atoms with Crippen molar-refractivity contribution in [2.24, 2.45) is 0 Å². The Labute approximate surface area is 88.1 Å². The van der Waals surface area contributed by atoms with E-state index in [1.54, 1.807) is 18.2 Å². The maximum absolute atomic E-state index is 13.3. The van der Waals surface area contributed by atoms with Crippen molar-refractivity contribution in [2.45, 2.75) is 6.92 Å². The van der Waals surface area contributed by atoms with Crippen molar-refractivity contribution < 1.29 is 9.13 Å². The van der Waals surface area contributed by atoms with E-state index < -0.39 is 5.82 Å². The molecule has 0 atom stereocenters. The monoisotopic (exact) mass is 201 g/mol. The maximum atomic E-state index is 13.3. The van der Waals surface area contributed by atoms with Gasteiger partial charge in [-0.1, -0.05) is 18.2 Å². The zero-order chi connectivity index (χ0) is 10.7. The zero-order valence-corrected chi connectivity index (χ0v) is 8.33. The molecule has 0 aliphatic heterocycles. The van der Waals surface area contributed by atoms with Crippen LogP contribution in [0.5, 0.6) is 11.5 Å². The van der Waals surface area contributed by atoms with E-state index in [0.717, 1.165) is 5.56 Å². The second kappa shape index (κ2) is 4.13. The van der Waals surface area contributed by atoms with Crippen molar-refractivity contribution in [3.05, 3.63) is 59.9 Å². The summed E-state index contributed by atoms with van der Waals surface area (Å²) < 4.78 is 18.7. The van der Waals surface area contributed by atoms with Crippen molar-refractivity contribution in [1.82, 2.24) is 0 Å². The van der Waals surface area contributed by atoms with E-state index in [-0.39, 0.29) is 5.75 Å². The van der Waals surface area contributed by atoms with Crippen molar-refractivity contribution in [1.29, 1.82) is 0 Å². The summed E-state index contributed by atoms with van der Waals surface area (Å²) in [5, 5.41) is 0. The molecule has 0 bridgehead atoms. The molecule has 0 saturated carbocycles. The van der Waals surface area contributed by atoms with Crippen molar-refractivity contribution in [3.8, 4) is 11.5 Å². The Hall–Kier alpha value is -1.83. The first-order valence-electron chi connectivity index (χ1n) is 4.66. The van der Waals surface area contributed by atoms with Gasteiger partial charge in [0.25, 0.3) is 0 Å². The molecule has 2 aromatic rings. The quantitative estimate of drug-likeness (QED) is 0.719. The Kier molecular flexibility index (Phi) is 2.68. The van der Waals surface area contributed by atoms with Gasteiger partial charge in [0.2, 0.25) is 0 Å². The van der Waals surface area contributed by atoms with Gasteiger partial charge in [0, 0.05) is 0 Å². The van der Waals surface area contributed by atoms with E-state index in [2.05, 4.69) is 6.07 Å². The van der Waals surface area contributed by atoms with E-state index in [1.807, 2.05) is 25.1 Å². The third kappa shape index (κ3) is 2.34. The molecular weight excluding hydrogens is 191 g/mol. The number of hydrogen-bond donors (Lipinski definition) is 0. The highest BCUT2D eigenvalue weighted by molar-refractivity contribution is 5.34. The van der Waals surface area contributed by atoms with E-state index in [0.29, 0.717) is 5.75 Å². The average molecular weight is 201 g/mol. The largest absolute Gasteiger partial charge is 0.454 e. The Morgan fingerprint density at radius 3 is 2.67 bits per heavy atom. The van der Waals surface area contributed by atoms with Crippen LogP contribution in [0.25, 0.3) is 0 Å². The lowest BCUT2D eigenvalue weighted by Gasteiger charge is -2.06. The lowest BCUT2D eigenvalue weighted by molar-refractivity contribution is 0.441. The van der Waals surface area contributed by atoms with Crippen LogP contribution in [0.2, 0.25) is 0 Å². The fraction of sp³-hybridized carbons (Fsp3) is 0.0769. The Bertz CT molecular complexity index is 451. The predicted molar refractivity (Wildman–Crippen MR) is 56.5 cm³/mol. The summed E-state index contributed by atoms with van der Waals surface area (Å²) >= 11 is 0. The van der Waals surface area contributed by atoms with Crippen LogP contribution in [-0.2, 0) is 0 Å². The smallest absolute Gasteiger partial charge is 0.166 e. The molecule has 75 valence electrons. The van der Waals surface area contributed by atoms with Gasteiger partial charge >= 0.3 is 0 Å². The maximum Gasteiger partial charge on any atom is 0.166 e. The highest BCUT2D eigenvalue weighted by atomic mass is 19.1. The molecule has 15 heavy (non-hydrogen) atoms. The second-order valence-electron chi connectivity index (χ2n) is 3.24. The molecule has 0 aromatic heterocycles. The molecule has 1 radical (unpaired) electrons. The van der Waals surface area contributed by atoms with Crippen LogP contribution in [0.4, 0.5) is 4.39 Å². The number of ether oxygens (including phenoxy) is 1. The van der Waals surface area contributed by atoms with Gasteiger partial charge in [0.05, 0.1) is 0 Å². The van der Waals surface area contributed by atoms with Gasteiger partial charge in [-0.25, -0.2) is 4.39 Å². The van der Waals surface area contributed by atoms with Gasteiger partial charge in [0.1, 0.15) is 5.75 Å². The minimum absolute atomic E-state index is 0.234. The summed E-state index contributed by atoms with van der Waals surface area (Å²) in [5.74, 6) is 0.462. The highest BCUT2D eigenvalue weighted by Gasteiger charge is 2.04. The van der Waals surface area contributed by atoms with Crippen molar-refractivity contribution in [2.75, 3.05) is 0 Å². The summed E-state index contributed by atoms with van der Waals surface area (Å²) in [6, 6.07) is 14.8. The third-order valence-corrected chi connectivity index (χ3v) is 1.98. The van der Waals surface area contributed by atoms with Gasteiger partial charge < -0.3 is 4.74 Å². The van der Waals surface area contributed by atoms with Crippen LogP contribution in [-0.4, -0.2) is 0 Å². The molecule has 0 heterocycles. The Morgan fingerprint density at radius 1 is 1.20 bits per heavy atom.